The number of carbonyl (C=O) groups is 1. The normalized spacial score (nSPS) is 21.6. The molecule has 0 saturated heterocycles. The molecule has 2 rings (SSSR count). The summed E-state index contributed by atoms with van der Waals surface area (Å²) in [7, 11) is 0. The van der Waals surface area contributed by atoms with Gasteiger partial charge in [0.25, 0.3) is 5.69 Å². The van der Waals surface area contributed by atoms with Crippen molar-refractivity contribution in [1.29, 1.82) is 0 Å². The quantitative estimate of drug-likeness (QED) is 0.638. The molecule has 1 saturated carbocycles. The molecular weight excluding hydrogens is 260 g/mol. The van der Waals surface area contributed by atoms with Crippen LogP contribution in [0.2, 0.25) is 0 Å². The minimum Gasteiger partial charge on any atom is -0.481 e. The lowest BCUT2D eigenvalue weighted by atomic mass is 9.96. The Morgan fingerprint density at radius 2 is 2.25 bits per heavy atom. The highest BCUT2D eigenvalue weighted by Gasteiger charge is 2.32. The van der Waals surface area contributed by atoms with Crippen LogP contribution in [0.15, 0.2) is 18.2 Å². The standard InChI is InChI=1S/C14H18N2O4/c1-9-5-6-13(16(19)20)12(7-9)15-8-10-3-2-4-11(10)14(17)18/h5-7,10-11,15H,2-4,8H2,1H3,(H,17,18). The number of aliphatic carboxylic acids is 1. The molecule has 0 bridgehead atoms. The number of carboxylic acid groups (broad SMARTS) is 1. The van der Waals surface area contributed by atoms with Crippen molar-refractivity contribution in [3.8, 4) is 0 Å². The third kappa shape index (κ3) is 3.07. The lowest BCUT2D eigenvalue weighted by molar-refractivity contribution is -0.384. The Balaban J connectivity index is 2.09. The second kappa shape index (κ2) is 5.90. The first kappa shape index (κ1) is 14.3. The van der Waals surface area contributed by atoms with Gasteiger partial charge in [-0.3, -0.25) is 14.9 Å². The van der Waals surface area contributed by atoms with E-state index in [1.165, 1.54) is 6.07 Å². The zero-order valence-corrected chi connectivity index (χ0v) is 11.3. The van der Waals surface area contributed by atoms with Crippen LogP contribution in [-0.4, -0.2) is 22.5 Å². The van der Waals surface area contributed by atoms with E-state index in [2.05, 4.69) is 5.32 Å². The van der Waals surface area contributed by atoms with Crippen LogP contribution in [0.3, 0.4) is 0 Å². The van der Waals surface area contributed by atoms with Gasteiger partial charge in [0.2, 0.25) is 0 Å². The number of hydrogen-bond acceptors (Lipinski definition) is 4. The van der Waals surface area contributed by atoms with E-state index in [4.69, 9.17) is 5.11 Å². The Morgan fingerprint density at radius 1 is 1.50 bits per heavy atom. The molecule has 2 N–H and O–H groups in total. The van der Waals surface area contributed by atoms with E-state index in [-0.39, 0.29) is 17.5 Å². The molecule has 0 heterocycles. The van der Waals surface area contributed by atoms with Crippen LogP contribution in [-0.2, 0) is 4.79 Å². The molecule has 20 heavy (non-hydrogen) atoms. The van der Waals surface area contributed by atoms with Crippen LogP contribution in [0.5, 0.6) is 0 Å². The molecule has 0 aliphatic heterocycles. The minimum atomic E-state index is -0.770. The van der Waals surface area contributed by atoms with Crippen molar-refractivity contribution >= 4 is 17.3 Å². The van der Waals surface area contributed by atoms with E-state index in [0.717, 1.165) is 18.4 Å². The zero-order chi connectivity index (χ0) is 14.7. The third-order valence-corrected chi connectivity index (χ3v) is 3.88. The van der Waals surface area contributed by atoms with Gasteiger partial charge in [0, 0.05) is 12.6 Å². The number of nitro benzene ring substituents is 1. The van der Waals surface area contributed by atoms with Crippen molar-refractivity contribution < 1.29 is 14.8 Å². The summed E-state index contributed by atoms with van der Waals surface area (Å²) < 4.78 is 0. The number of anilines is 1. The highest BCUT2D eigenvalue weighted by atomic mass is 16.6. The lowest BCUT2D eigenvalue weighted by Gasteiger charge is -2.17. The number of nitrogens with zero attached hydrogens (tertiary/aromatic N) is 1. The first-order valence-electron chi connectivity index (χ1n) is 6.70. The Labute approximate surface area is 117 Å². The molecular formula is C14H18N2O4. The molecule has 0 amide bonds. The Hall–Kier alpha value is -2.11. The molecule has 0 radical (unpaired) electrons. The summed E-state index contributed by atoms with van der Waals surface area (Å²) in [5.41, 5.74) is 1.42. The maximum atomic E-state index is 11.1. The number of nitrogens with one attached hydrogen (secondary N) is 1. The Bertz CT molecular complexity index is 530. The van der Waals surface area contributed by atoms with Gasteiger partial charge in [-0.15, -0.1) is 0 Å². The van der Waals surface area contributed by atoms with Crippen molar-refractivity contribution in [2.75, 3.05) is 11.9 Å². The van der Waals surface area contributed by atoms with Gasteiger partial charge in [0.05, 0.1) is 10.8 Å². The summed E-state index contributed by atoms with van der Waals surface area (Å²) in [5, 5.41) is 23.2. The molecule has 2 atom stereocenters. The SMILES string of the molecule is Cc1ccc([N+](=O)[O-])c(NCC2CCCC2C(=O)O)c1. The minimum absolute atomic E-state index is 0.0282. The van der Waals surface area contributed by atoms with Gasteiger partial charge in [-0.05, 0) is 37.3 Å². The first-order chi connectivity index (χ1) is 9.49. The van der Waals surface area contributed by atoms with Crippen LogP contribution < -0.4 is 5.32 Å². The average Bonchev–Trinajstić information content (AvgIpc) is 2.84. The summed E-state index contributed by atoms with van der Waals surface area (Å²) in [4.78, 5) is 21.7. The monoisotopic (exact) mass is 278 g/mol. The topological polar surface area (TPSA) is 92.5 Å². The number of carboxylic acids is 1. The summed E-state index contributed by atoms with van der Waals surface area (Å²) in [5.74, 6) is -1.08. The van der Waals surface area contributed by atoms with Gasteiger partial charge < -0.3 is 10.4 Å². The smallest absolute Gasteiger partial charge is 0.306 e. The number of rotatable bonds is 5. The maximum Gasteiger partial charge on any atom is 0.306 e. The molecule has 1 aromatic carbocycles. The second-order valence-corrected chi connectivity index (χ2v) is 5.29. The van der Waals surface area contributed by atoms with Gasteiger partial charge in [0.15, 0.2) is 0 Å². The van der Waals surface area contributed by atoms with Crippen LogP contribution in [0.4, 0.5) is 11.4 Å². The van der Waals surface area contributed by atoms with E-state index in [9.17, 15) is 14.9 Å². The van der Waals surface area contributed by atoms with E-state index < -0.39 is 10.9 Å². The summed E-state index contributed by atoms with van der Waals surface area (Å²) in [6, 6.07) is 4.89. The largest absolute Gasteiger partial charge is 0.481 e. The average molecular weight is 278 g/mol. The van der Waals surface area contributed by atoms with Gasteiger partial charge >= 0.3 is 5.97 Å². The second-order valence-electron chi connectivity index (χ2n) is 5.29. The van der Waals surface area contributed by atoms with E-state index in [1.807, 2.05) is 6.92 Å². The van der Waals surface area contributed by atoms with Crippen molar-refractivity contribution in [1.82, 2.24) is 0 Å². The Kier molecular flexibility index (Phi) is 4.22. The fourth-order valence-corrected chi connectivity index (χ4v) is 2.80. The molecule has 1 aliphatic rings. The number of hydrogen-bond donors (Lipinski definition) is 2. The first-order valence-corrected chi connectivity index (χ1v) is 6.70. The molecule has 1 fully saturated rings. The highest BCUT2D eigenvalue weighted by molar-refractivity contribution is 5.71. The van der Waals surface area contributed by atoms with E-state index >= 15 is 0 Å². The summed E-state index contributed by atoms with van der Waals surface area (Å²) in [6.45, 7) is 2.33. The number of aryl methyl sites for hydroxylation is 1. The lowest BCUT2D eigenvalue weighted by Crippen LogP contribution is -2.24. The van der Waals surface area contributed by atoms with Gasteiger partial charge in [-0.2, -0.15) is 0 Å². The predicted octanol–water partition coefficient (Wildman–Crippen LogP) is 2.82. The number of benzene rings is 1. The fourth-order valence-electron chi connectivity index (χ4n) is 2.80. The van der Waals surface area contributed by atoms with Crippen molar-refractivity contribution in [2.45, 2.75) is 26.2 Å². The molecule has 0 spiro atoms. The molecule has 0 aromatic heterocycles. The molecule has 1 aliphatic carbocycles. The molecule has 6 heteroatoms. The summed E-state index contributed by atoms with van der Waals surface area (Å²) in [6.07, 6.45) is 2.44. The maximum absolute atomic E-state index is 11.1. The fraction of sp³-hybridized carbons (Fsp3) is 0.500. The Morgan fingerprint density at radius 3 is 2.90 bits per heavy atom. The van der Waals surface area contributed by atoms with Crippen LogP contribution in [0.1, 0.15) is 24.8 Å². The van der Waals surface area contributed by atoms with Crippen LogP contribution in [0, 0.1) is 28.9 Å². The predicted molar refractivity (Wildman–Crippen MR) is 74.8 cm³/mol. The van der Waals surface area contributed by atoms with Crippen LogP contribution >= 0.6 is 0 Å². The van der Waals surface area contributed by atoms with Crippen LogP contribution in [0.25, 0.3) is 0 Å². The van der Waals surface area contributed by atoms with E-state index in [1.54, 1.807) is 12.1 Å². The van der Waals surface area contributed by atoms with Crippen molar-refractivity contribution in [3.63, 3.8) is 0 Å². The van der Waals surface area contributed by atoms with Crippen molar-refractivity contribution in [2.24, 2.45) is 11.8 Å². The summed E-state index contributed by atoms with van der Waals surface area (Å²) >= 11 is 0. The molecule has 108 valence electrons. The molecule has 1 aromatic rings. The van der Waals surface area contributed by atoms with Gasteiger partial charge in [-0.1, -0.05) is 12.5 Å². The molecule has 6 nitrogen and oxygen atoms in total. The van der Waals surface area contributed by atoms with Crippen molar-refractivity contribution in [3.05, 3.63) is 33.9 Å². The van der Waals surface area contributed by atoms with Gasteiger partial charge in [-0.25, -0.2) is 0 Å². The highest BCUT2D eigenvalue weighted by Crippen LogP contribution is 2.33. The molecule has 2 unspecified atom stereocenters. The van der Waals surface area contributed by atoms with E-state index in [0.29, 0.717) is 18.7 Å². The zero-order valence-electron chi connectivity index (χ0n) is 11.3. The third-order valence-electron chi connectivity index (χ3n) is 3.88. The number of nitro groups is 1. The van der Waals surface area contributed by atoms with Gasteiger partial charge in [0.1, 0.15) is 5.69 Å².